The van der Waals surface area contributed by atoms with E-state index in [1.165, 1.54) is 0 Å². The molecule has 0 amide bonds. The van der Waals surface area contributed by atoms with E-state index in [4.69, 9.17) is 10.00 Å². The molecule has 7 heteroatoms. The molecule has 174 valence electrons. The van der Waals surface area contributed by atoms with Crippen molar-refractivity contribution in [3.63, 3.8) is 0 Å². The molecule has 0 aliphatic carbocycles. The van der Waals surface area contributed by atoms with Gasteiger partial charge in [-0.05, 0) is 48.7 Å². The second-order valence-electron chi connectivity index (χ2n) is 8.36. The molecule has 1 aromatic heterocycles. The van der Waals surface area contributed by atoms with E-state index in [1.807, 2.05) is 48.5 Å². The number of benzene rings is 2. The molecule has 2 heterocycles. The third kappa shape index (κ3) is 5.65. The van der Waals surface area contributed by atoms with Gasteiger partial charge in [0.25, 0.3) is 0 Å². The number of aromatic nitrogens is 2. The van der Waals surface area contributed by atoms with Gasteiger partial charge in [-0.15, -0.1) is 0 Å². The Balaban J connectivity index is 1.39. The van der Waals surface area contributed by atoms with Crippen LogP contribution in [0.15, 0.2) is 60.9 Å². The molecule has 1 aliphatic heterocycles. The SMILES string of the molecule is C[C@H](O)c1nccn1[C@@H](C#Cc1ccc(-c2ccc(OC3CCN(CC#N)C3)cc2)cc1)CO. The van der Waals surface area contributed by atoms with Crippen molar-refractivity contribution in [3.05, 3.63) is 72.3 Å². The van der Waals surface area contributed by atoms with Gasteiger partial charge in [-0.1, -0.05) is 36.1 Å². The summed E-state index contributed by atoms with van der Waals surface area (Å²) in [7, 11) is 0. The fourth-order valence-electron chi connectivity index (χ4n) is 4.08. The molecular weight excluding hydrogens is 428 g/mol. The first-order valence-corrected chi connectivity index (χ1v) is 11.4. The van der Waals surface area contributed by atoms with Crippen LogP contribution in [-0.2, 0) is 0 Å². The molecule has 2 N–H and O–H groups in total. The summed E-state index contributed by atoms with van der Waals surface area (Å²) in [6.45, 7) is 3.60. The van der Waals surface area contributed by atoms with Crippen molar-refractivity contribution in [3.8, 4) is 34.8 Å². The smallest absolute Gasteiger partial charge is 0.138 e. The first-order valence-electron chi connectivity index (χ1n) is 11.4. The Morgan fingerprint density at radius 1 is 1.15 bits per heavy atom. The zero-order valence-corrected chi connectivity index (χ0v) is 19.1. The number of rotatable bonds is 7. The van der Waals surface area contributed by atoms with Crippen LogP contribution in [0.1, 0.15) is 36.9 Å². The lowest BCUT2D eigenvalue weighted by atomic mass is 10.0. The van der Waals surface area contributed by atoms with E-state index < -0.39 is 12.1 Å². The molecule has 0 spiro atoms. The van der Waals surface area contributed by atoms with Gasteiger partial charge < -0.3 is 19.5 Å². The molecule has 0 bridgehead atoms. The van der Waals surface area contributed by atoms with Crippen molar-refractivity contribution >= 4 is 0 Å². The Kier molecular flexibility index (Phi) is 7.61. The monoisotopic (exact) mass is 456 g/mol. The molecule has 1 fully saturated rings. The van der Waals surface area contributed by atoms with Crippen molar-refractivity contribution in [2.24, 2.45) is 0 Å². The summed E-state index contributed by atoms with van der Waals surface area (Å²) in [6.07, 6.45) is 3.62. The molecular formula is C27H28N4O3. The lowest BCUT2D eigenvalue weighted by Crippen LogP contribution is -2.25. The Morgan fingerprint density at radius 3 is 2.50 bits per heavy atom. The number of nitrogens with zero attached hydrogens (tertiary/aromatic N) is 4. The van der Waals surface area contributed by atoms with Crippen LogP contribution in [0.5, 0.6) is 5.75 Å². The van der Waals surface area contributed by atoms with E-state index in [9.17, 15) is 10.2 Å². The number of aliphatic hydroxyl groups excluding tert-OH is 2. The van der Waals surface area contributed by atoms with Gasteiger partial charge in [0, 0.05) is 31.0 Å². The van der Waals surface area contributed by atoms with E-state index in [2.05, 4.69) is 27.8 Å². The summed E-state index contributed by atoms with van der Waals surface area (Å²) in [5.74, 6) is 7.49. The normalized spacial score (nSPS) is 17.4. The second-order valence-corrected chi connectivity index (χ2v) is 8.36. The first kappa shape index (κ1) is 23.5. The van der Waals surface area contributed by atoms with Crippen molar-refractivity contribution in [1.29, 1.82) is 5.26 Å². The Bertz CT molecular complexity index is 1180. The van der Waals surface area contributed by atoms with Gasteiger partial charge in [-0.25, -0.2) is 4.98 Å². The highest BCUT2D eigenvalue weighted by molar-refractivity contribution is 5.65. The molecule has 0 saturated carbocycles. The Morgan fingerprint density at radius 2 is 1.85 bits per heavy atom. The summed E-state index contributed by atoms with van der Waals surface area (Å²) in [4.78, 5) is 6.25. The maximum absolute atomic E-state index is 9.85. The van der Waals surface area contributed by atoms with E-state index >= 15 is 0 Å². The highest BCUT2D eigenvalue weighted by Gasteiger charge is 2.23. The van der Waals surface area contributed by atoms with Gasteiger partial charge >= 0.3 is 0 Å². The molecule has 34 heavy (non-hydrogen) atoms. The average molecular weight is 457 g/mol. The maximum Gasteiger partial charge on any atom is 0.138 e. The zero-order chi connectivity index (χ0) is 23.9. The quantitative estimate of drug-likeness (QED) is 0.419. The minimum Gasteiger partial charge on any atom is -0.489 e. The highest BCUT2D eigenvalue weighted by atomic mass is 16.5. The molecule has 4 rings (SSSR count). The fourth-order valence-corrected chi connectivity index (χ4v) is 4.08. The van der Waals surface area contributed by atoms with E-state index in [0.717, 1.165) is 42.0 Å². The minimum absolute atomic E-state index is 0.124. The van der Waals surface area contributed by atoms with Gasteiger partial charge in [-0.2, -0.15) is 5.26 Å². The highest BCUT2D eigenvalue weighted by Crippen LogP contribution is 2.25. The third-order valence-corrected chi connectivity index (χ3v) is 5.86. The predicted molar refractivity (Wildman–Crippen MR) is 129 cm³/mol. The molecule has 7 nitrogen and oxygen atoms in total. The van der Waals surface area contributed by atoms with Crippen molar-refractivity contribution in [2.45, 2.75) is 31.6 Å². The van der Waals surface area contributed by atoms with Crippen LogP contribution in [0.2, 0.25) is 0 Å². The van der Waals surface area contributed by atoms with Crippen LogP contribution in [0.4, 0.5) is 0 Å². The molecule has 2 aromatic carbocycles. The van der Waals surface area contributed by atoms with Crippen molar-refractivity contribution < 1.29 is 14.9 Å². The summed E-state index contributed by atoms with van der Waals surface area (Å²) >= 11 is 0. The molecule has 1 unspecified atom stereocenters. The summed E-state index contributed by atoms with van der Waals surface area (Å²) in [6, 6.07) is 17.7. The minimum atomic E-state index is -0.738. The zero-order valence-electron chi connectivity index (χ0n) is 19.1. The Labute approximate surface area is 199 Å². The van der Waals surface area contributed by atoms with Crippen LogP contribution < -0.4 is 4.74 Å². The number of hydrogen-bond acceptors (Lipinski definition) is 6. The number of likely N-dealkylation sites (tertiary alicyclic amines) is 1. The van der Waals surface area contributed by atoms with Gasteiger partial charge in [0.1, 0.15) is 29.8 Å². The second kappa shape index (κ2) is 11.0. The lowest BCUT2D eigenvalue weighted by molar-refractivity contribution is 0.176. The van der Waals surface area contributed by atoms with Crippen molar-refractivity contribution in [1.82, 2.24) is 14.5 Å². The van der Waals surface area contributed by atoms with E-state index in [1.54, 1.807) is 23.9 Å². The van der Waals surface area contributed by atoms with Crippen LogP contribution in [0, 0.1) is 23.2 Å². The largest absolute Gasteiger partial charge is 0.489 e. The number of nitriles is 1. The predicted octanol–water partition coefficient (Wildman–Crippen LogP) is 3.17. The molecule has 1 saturated heterocycles. The standard InChI is InChI=1S/C27H28N4O3/c1-20(33)27-29-14-17-31(27)24(19-32)9-4-21-2-5-22(6-3-21)23-7-10-25(11-8-23)34-26-12-15-30(18-26)16-13-28/h2-3,5-8,10-11,14,17,20,24,26,32-33H,12,15-16,18-19H2,1H3/t20-,24-,26?/m0/s1. The number of aliphatic hydroxyl groups is 2. The van der Waals surface area contributed by atoms with Gasteiger partial charge in [0.2, 0.25) is 0 Å². The average Bonchev–Trinajstić information content (AvgIpc) is 3.51. The number of imidazole rings is 1. The van der Waals surface area contributed by atoms with Gasteiger partial charge in [-0.3, -0.25) is 4.90 Å². The number of ether oxygens (including phenoxy) is 1. The van der Waals surface area contributed by atoms with Crippen LogP contribution >= 0.6 is 0 Å². The summed E-state index contributed by atoms with van der Waals surface area (Å²) < 4.78 is 7.77. The van der Waals surface area contributed by atoms with Crippen molar-refractivity contribution in [2.75, 3.05) is 26.2 Å². The van der Waals surface area contributed by atoms with E-state index in [-0.39, 0.29) is 12.7 Å². The first-order chi connectivity index (χ1) is 16.6. The lowest BCUT2D eigenvalue weighted by Gasteiger charge is -2.15. The van der Waals surface area contributed by atoms with Crippen LogP contribution in [0.25, 0.3) is 11.1 Å². The molecule has 0 radical (unpaired) electrons. The maximum atomic E-state index is 9.85. The van der Waals surface area contributed by atoms with Crippen LogP contribution in [-0.4, -0.2) is 57.0 Å². The number of hydrogen-bond donors (Lipinski definition) is 2. The summed E-state index contributed by atoms with van der Waals surface area (Å²) in [5, 5.41) is 28.4. The van der Waals surface area contributed by atoms with Gasteiger partial charge in [0.05, 0.1) is 19.2 Å². The fraction of sp³-hybridized carbons (Fsp3) is 0.333. The molecule has 3 aromatic rings. The summed E-state index contributed by atoms with van der Waals surface area (Å²) in [5.41, 5.74) is 2.99. The third-order valence-electron chi connectivity index (χ3n) is 5.86. The topological polar surface area (TPSA) is 94.5 Å². The van der Waals surface area contributed by atoms with Crippen LogP contribution in [0.3, 0.4) is 0 Å². The van der Waals surface area contributed by atoms with Gasteiger partial charge in [0.15, 0.2) is 0 Å². The van der Waals surface area contributed by atoms with E-state index in [0.29, 0.717) is 12.4 Å². The molecule has 3 atom stereocenters. The molecule has 1 aliphatic rings. The Hall–Kier alpha value is -3.62.